The number of benzene rings is 3. The fraction of sp³-hybridized carbons (Fsp3) is 0.468. The van der Waals surface area contributed by atoms with Gasteiger partial charge in [0.15, 0.2) is 0 Å². The number of aliphatic hydroxyl groups excluding tert-OH is 1. The van der Waals surface area contributed by atoms with Crippen LogP contribution < -0.4 is 15.4 Å². The van der Waals surface area contributed by atoms with Gasteiger partial charge in [-0.3, -0.25) is 9.69 Å². The average Bonchev–Trinajstić information content (AvgIpc) is 4.08. The molecule has 8 rings (SSSR count). The third-order valence-electron chi connectivity index (χ3n) is 12.7. The number of nitrogens with zero attached hydrogens (tertiary/aromatic N) is 4. The van der Waals surface area contributed by atoms with Crippen LogP contribution in [0.2, 0.25) is 0 Å². The monoisotopic (exact) mass is 846 g/mol. The fourth-order valence-corrected chi connectivity index (χ4v) is 9.31. The van der Waals surface area contributed by atoms with Crippen molar-refractivity contribution in [3.63, 3.8) is 0 Å². The molecule has 5 N–H and O–H groups in total. The van der Waals surface area contributed by atoms with Gasteiger partial charge >= 0.3 is 12.2 Å². The van der Waals surface area contributed by atoms with E-state index in [4.69, 9.17) is 24.2 Å². The number of fused-ring (bicyclic) bond motifs is 3. The number of nitrogens with one attached hydrogen (secondary N) is 4. The standard InChI is InChI=1S/C47H58N8O7/c1-25(2)39(52-45(58)60-7)43(56)54-19-9-11-36(54)41-48-32-17-15-27(22-34(32)50-41)28-13-14-30-21-31(47(5,6)62-38(30)24-28)29-16-18-33-35(23-29)51-42(49-33)37-12-10-20-55(37)44(57)40(26(3)4)53-46(59)61-8/h13-18,21-26,36-37,39-40,44,57H,9-12,19-20H2,1-8H3,(H,48,50)(H,49,51)(H,52,58)(H,53,59)/t36-,37-,39-,40-,44?/m0/s1. The summed E-state index contributed by atoms with van der Waals surface area (Å²) in [6.45, 7) is 13.2. The van der Waals surface area contributed by atoms with E-state index < -0.39 is 36.1 Å². The van der Waals surface area contributed by atoms with Gasteiger partial charge in [0.05, 0.1) is 54.4 Å². The number of amides is 3. The van der Waals surface area contributed by atoms with E-state index in [1.54, 1.807) is 0 Å². The quantitative estimate of drug-likeness (QED) is 0.0882. The zero-order valence-electron chi connectivity index (χ0n) is 36.7. The number of methoxy groups -OCH3 is 2. The largest absolute Gasteiger partial charge is 0.482 e. The van der Waals surface area contributed by atoms with Crippen molar-refractivity contribution in [2.45, 2.75) is 103 Å². The number of hydrogen-bond acceptors (Lipinski definition) is 10. The molecule has 3 amide bonds. The molecule has 1 unspecified atom stereocenters. The van der Waals surface area contributed by atoms with Crippen molar-refractivity contribution in [3.8, 4) is 16.9 Å². The number of alkyl carbamates (subject to hydrolysis) is 2. The van der Waals surface area contributed by atoms with Crippen molar-refractivity contribution < 1.29 is 33.7 Å². The zero-order chi connectivity index (χ0) is 44.0. The molecule has 15 heteroatoms. The maximum atomic E-state index is 13.7. The second kappa shape index (κ2) is 17.1. The van der Waals surface area contributed by atoms with Gasteiger partial charge in [-0.2, -0.15) is 0 Å². The molecule has 0 saturated carbocycles. The Kier molecular flexibility index (Phi) is 11.8. The Labute approximate surface area is 361 Å². The van der Waals surface area contributed by atoms with Crippen LogP contribution in [0.25, 0.3) is 44.8 Å². The van der Waals surface area contributed by atoms with Gasteiger partial charge in [0.25, 0.3) is 0 Å². The number of carbonyl (C=O) groups is 3. The molecule has 2 aromatic heterocycles. The molecular weight excluding hydrogens is 789 g/mol. The number of aromatic amines is 2. The highest BCUT2D eigenvalue weighted by atomic mass is 16.5. The van der Waals surface area contributed by atoms with Gasteiger partial charge in [-0.05, 0) is 104 Å². The summed E-state index contributed by atoms with van der Waals surface area (Å²) in [5.41, 5.74) is 7.78. The first kappa shape index (κ1) is 42.7. The van der Waals surface area contributed by atoms with Crippen molar-refractivity contribution in [2.75, 3.05) is 27.3 Å². The number of ether oxygens (including phenoxy) is 3. The van der Waals surface area contributed by atoms with Gasteiger partial charge < -0.3 is 44.8 Å². The summed E-state index contributed by atoms with van der Waals surface area (Å²) in [6, 6.07) is 17.0. The molecule has 3 aliphatic heterocycles. The van der Waals surface area contributed by atoms with E-state index in [-0.39, 0.29) is 29.8 Å². The van der Waals surface area contributed by atoms with Crippen LogP contribution in [0.15, 0.2) is 54.6 Å². The molecule has 5 heterocycles. The Morgan fingerprint density at radius 1 is 0.790 bits per heavy atom. The third kappa shape index (κ3) is 8.22. The second-order valence-corrected chi connectivity index (χ2v) is 17.9. The molecule has 5 atom stereocenters. The van der Waals surface area contributed by atoms with Crippen molar-refractivity contribution in [1.82, 2.24) is 40.4 Å². The lowest BCUT2D eigenvalue weighted by molar-refractivity contribution is -0.135. The molecular formula is C47H58N8O7. The lowest BCUT2D eigenvalue weighted by Gasteiger charge is -2.35. The van der Waals surface area contributed by atoms with E-state index in [1.807, 2.05) is 49.6 Å². The predicted octanol–water partition coefficient (Wildman–Crippen LogP) is 7.70. The SMILES string of the molecule is COC(=O)N[C@@H](C(C)C)C(O)N1CCC[C@H]1c1nc2ccc(C3=Cc4ccc(-c5ccc6nc([C@@H]7CCCN7C(=O)[C@@H](NC(=O)OC)C(C)C)[nH]c6c5)cc4OC3(C)C)cc2[nH]1. The lowest BCUT2D eigenvalue weighted by atomic mass is 9.86. The number of H-pyrrole nitrogens is 2. The molecule has 3 aliphatic rings. The Morgan fingerprint density at radius 2 is 1.37 bits per heavy atom. The van der Waals surface area contributed by atoms with Gasteiger partial charge in [-0.25, -0.2) is 19.6 Å². The summed E-state index contributed by atoms with van der Waals surface area (Å²) in [4.78, 5) is 58.6. The van der Waals surface area contributed by atoms with Crippen LogP contribution in [0, 0.1) is 11.8 Å². The van der Waals surface area contributed by atoms with E-state index in [2.05, 4.69) is 83.0 Å². The number of imidazole rings is 2. The van der Waals surface area contributed by atoms with Crippen LogP contribution in [0.3, 0.4) is 0 Å². The number of rotatable bonds is 11. The Morgan fingerprint density at radius 3 is 2.03 bits per heavy atom. The van der Waals surface area contributed by atoms with E-state index >= 15 is 0 Å². The van der Waals surface area contributed by atoms with Crippen molar-refractivity contribution in [1.29, 1.82) is 0 Å². The zero-order valence-corrected chi connectivity index (χ0v) is 36.7. The minimum Gasteiger partial charge on any atom is -0.482 e. The smallest absolute Gasteiger partial charge is 0.407 e. The maximum Gasteiger partial charge on any atom is 0.407 e. The first-order valence-corrected chi connectivity index (χ1v) is 21.6. The summed E-state index contributed by atoms with van der Waals surface area (Å²) in [5, 5.41) is 17.0. The topological polar surface area (TPSA) is 187 Å². The molecule has 0 bridgehead atoms. The molecule has 2 fully saturated rings. The maximum absolute atomic E-state index is 13.7. The van der Waals surface area contributed by atoms with Crippen LogP contribution in [-0.2, 0) is 14.3 Å². The first-order valence-electron chi connectivity index (χ1n) is 21.6. The summed E-state index contributed by atoms with van der Waals surface area (Å²) < 4.78 is 16.4. The van der Waals surface area contributed by atoms with E-state index in [0.717, 1.165) is 93.0 Å². The normalized spacial score (nSPS) is 20.2. The highest BCUT2D eigenvalue weighted by Gasteiger charge is 2.40. The molecule has 15 nitrogen and oxygen atoms in total. The first-order chi connectivity index (χ1) is 29.6. The molecule has 328 valence electrons. The average molecular weight is 847 g/mol. The highest BCUT2D eigenvalue weighted by Crippen LogP contribution is 2.43. The summed E-state index contributed by atoms with van der Waals surface area (Å²) >= 11 is 0. The highest BCUT2D eigenvalue weighted by molar-refractivity contribution is 5.93. The van der Waals surface area contributed by atoms with E-state index in [9.17, 15) is 19.5 Å². The van der Waals surface area contributed by atoms with Crippen LogP contribution in [0.5, 0.6) is 5.75 Å². The van der Waals surface area contributed by atoms with E-state index in [1.165, 1.54) is 14.2 Å². The van der Waals surface area contributed by atoms with Gasteiger partial charge in [0.2, 0.25) is 5.91 Å². The predicted molar refractivity (Wildman–Crippen MR) is 237 cm³/mol. The molecule has 0 aliphatic carbocycles. The lowest BCUT2D eigenvalue weighted by Crippen LogP contribution is -2.54. The summed E-state index contributed by atoms with van der Waals surface area (Å²) in [5.74, 6) is 2.02. The van der Waals surface area contributed by atoms with Crippen LogP contribution >= 0.6 is 0 Å². The van der Waals surface area contributed by atoms with Crippen LogP contribution in [-0.4, -0.2) is 104 Å². The fourth-order valence-electron chi connectivity index (χ4n) is 9.31. The van der Waals surface area contributed by atoms with Gasteiger partial charge in [0, 0.05) is 24.2 Å². The van der Waals surface area contributed by atoms with Crippen molar-refractivity contribution >= 4 is 51.8 Å². The number of likely N-dealkylation sites (tertiary alicyclic amines) is 2. The Bertz CT molecular complexity index is 2520. The minimum atomic E-state index is -0.910. The number of hydrogen-bond donors (Lipinski definition) is 5. The number of aliphatic hydroxyl groups is 1. The molecule has 2 saturated heterocycles. The summed E-state index contributed by atoms with van der Waals surface area (Å²) in [6.07, 6.45) is 3.42. The Balaban J connectivity index is 1.01. The van der Waals surface area contributed by atoms with Crippen molar-refractivity contribution in [2.24, 2.45) is 11.8 Å². The number of aromatic nitrogens is 4. The molecule has 3 aromatic carbocycles. The van der Waals surface area contributed by atoms with Gasteiger partial charge in [-0.15, -0.1) is 0 Å². The van der Waals surface area contributed by atoms with Crippen molar-refractivity contribution in [3.05, 3.63) is 77.4 Å². The Hall–Kier alpha value is -5.93. The molecule has 0 radical (unpaired) electrons. The van der Waals surface area contributed by atoms with Crippen LogP contribution in [0.4, 0.5) is 9.59 Å². The third-order valence-corrected chi connectivity index (χ3v) is 12.7. The van der Waals surface area contributed by atoms with Crippen LogP contribution in [0.1, 0.15) is 102 Å². The molecule has 62 heavy (non-hydrogen) atoms. The van der Waals surface area contributed by atoms with Gasteiger partial charge in [-0.1, -0.05) is 52.0 Å². The van der Waals surface area contributed by atoms with Gasteiger partial charge in [0.1, 0.15) is 35.3 Å². The second-order valence-electron chi connectivity index (χ2n) is 17.9. The number of carbonyl (C=O) groups excluding carboxylic acids is 3. The minimum absolute atomic E-state index is 0.0203. The summed E-state index contributed by atoms with van der Waals surface area (Å²) in [7, 11) is 2.62. The molecule has 5 aromatic rings. The molecule has 0 spiro atoms. The van der Waals surface area contributed by atoms with E-state index in [0.29, 0.717) is 13.1 Å².